The van der Waals surface area contributed by atoms with Gasteiger partial charge in [-0.1, -0.05) is 23.3 Å². The van der Waals surface area contributed by atoms with Crippen LogP contribution in [0.5, 0.6) is 0 Å². The highest BCUT2D eigenvalue weighted by atomic mass is 16.2. The van der Waals surface area contributed by atoms with E-state index in [2.05, 4.69) is 5.32 Å². The predicted molar refractivity (Wildman–Crippen MR) is 96.6 cm³/mol. The lowest BCUT2D eigenvalue weighted by Crippen LogP contribution is -2.24. The molecule has 1 aliphatic rings. The number of aryl methyl sites for hydroxylation is 3. The highest BCUT2D eigenvalue weighted by Gasteiger charge is 2.23. The molecule has 0 radical (unpaired) electrons. The van der Waals surface area contributed by atoms with E-state index >= 15 is 0 Å². The number of amides is 2. The molecule has 1 aliphatic heterocycles. The Morgan fingerprint density at radius 2 is 1.75 bits per heavy atom. The summed E-state index contributed by atoms with van der Waals surface area (Å²) in [4.78, 5) is 26.3. The summed E-state index contributed by atoms with van der Waals surface area (Å²) in [6.07, 6.45) is 1.48. The van der Waals surface area contributed by atoms with Crippen LogP contribution < -0.4 is 10.2 Å². The average Bonchev–Trinajstić information content (AvgIpc) is 2.94. The minimum absolute atomic E-state index is 0.135. The van der Waals surface area contributed by atoms with Crippen molar-refractivity contribution in [1.82, 2.24) is 0 Å². The molecule has 4 heteroatoms. The zero-order chi connectivity index (χ0) is 17.3. The molecule has 1 saturated heterocycles. The van der Waals surface area contributed by atoms with E-state index in [9.17, 15) is 9.59 Å². The van der Waals surface area contributed by atoms with Gasteiger partial charge in [0.2, 0.25) is 5.91 Å². The summed E-state index contributed by atoms with van der Waals surface area (Å²) in [7, 11) is 0. The highest BCUT2D eigenvalue weighted by Crippen LogP contribution is 2.28. The van der Waals surface area contributed by atoms with Crippen LogP contribution in [0.4, 0.5) is 11.4 Å². The van der Waals surface area contributed by atoms with Crippen LogP contribution in [0.1, 0.15) is 39.9 Å². The summed E-state index contributed by atoms with van der Waals surface area (Å²) >= 11 is 0. The van der Waals surface area contributed by atoms with Crippen LogP contribution in [0.2, 0.25) is 0 Å². The first-order valence-electron chi connectivity index (χ1n) is 8.25. The summed E-state index contributed by atoms with van der Waals surface area (Å²) in [5.74, 6) is 0.0141. The lowest BCUT2D eigenvalue weighted by Gasteiger charge is -2.19. The van der Waals surface area contributed by atoms with Crippen LogP contribution in [-0.4, -0.2) is 18.4 Å². The number of carbonyl (C=O) groups excluding carboxylic acids is 2. The quantitative estimate of drug-likeness (QED) is 0.929. The van der Waals surface area contributed by atoms with Crippen molar-refractivity contribution in [2.75, 3.05) is 16.8 Å². The molecule has 0 saturated carbocycles. The third-order valence-corrected chi connectivity index (χ3v) is 4.32. The molecular formula is C20H22N2O2. The maximum absolute atomic E-state index is 12.5. The molecule has 0 bridgehead atoms. The Balaban J connectivity index is 1.85. The van der Waals surface area contributed by atoms with Gasteiger partial charge in [0.25, 0.3) is 5.91 Å². The van der Waals surface area contributed by atoms with Gasteiger partial charge >= 0.3 is 0 Å². The van der Waals surface area contributed by atoms with Crippen molar-refractivity contribution in [3.8, 4) is 0 Å². The molecule has 0 spiro atoms. The van der Waals surface area contributed by atoms with Crippen molar-refractivity contribution in [2.24, 2.45) is 0 Å². The minimum atomic E-state index is -0.135. The van der Waals surface area contributed by atoms with Crippen molar-refractivity contribution >= 4 is 23.2 Å². The molecule has 3 rings (SSSR count). The molecule has 1 fully saturated rings. The third kappa shape index (κ3) is 3.32. The van der Waals surface area contributed by atoms with Crippen LogP contribution in [0.25, 0.3) is 0 Å². The molecule has 2 amide bonds. The first-order chi connectivity index (χ1) is 11.4. The number of rotatable bonds is 3. The van der Waals surface area contributed by atoms with Gasteiger partial charge in [-0.2, -0.15) is 0 Å². The molecule has 4 nitrogen and oxygen atoms in total. The SMILES string of the molecule is Cc1cc(C)cc(C(=O)Nc2ccc(C)c(N3CCCC3=O)c2)c1. The molecule has 0 aromatic heterocycles. The fraction of sp³-hybridized carbons (Fsp3) is 0.300. The number of hydrogen-bond acceptors (Lipinski definition) is 2. The van der Waals surface area contributed by atoms with E-state index in [4.69, 9.17) is 0 Å². The van der Waals surface area contributed by atoms with Crippen LogP contribution in [-0.2, 0) is 4.79 Å². The van der Waals surface area contributed by atoms with Gasteiger partial charge < -0.3 is 10.2 Å². The molecule has 0 atom stereocenters. The third-order valence-electron chi connectivity index (χ3n) is 4.32. The maximum atomic E-state index is 12.5. The van der Waals surface area contributed by atoms with E-state index in [0.29, 0.717) is 17.7 Å². The standard InChI is InChI=1S/C20H22N2O2/c1-13-9-14(2)11-16(10-13)20(24)21-17-7-6-15(3)18(12-17)22-8-4-5-19(22)23/h6-7,9-12H,4-5,8H2,1-3H3,(H,21,24). The topological polar surface area (TPSA) is 49.4 Å². The Labute approximate surface area is 142 Å². The van der Waals surface area contributed by atoms with Crippen molar-refractivity contribution in [3.63, 3.8) is 0 Å². The molecule has 0 unspecified atom stereocenters. The zero-order valence-electron chi connectivity index (χ0n) is 14.3. The van der Waals surface area contributed by atoms with Gasteiger partial charge in [-0.3, -0.25) is 9.59 Å². The van der Waals surface area contributed by atoms with Crippen LogP contribution in [0.3, 0.4) is 0 Å². The Kier molecular flexibility index (Phi) is 4.38. The first-order valence-corrected chi connectivity index (χ1v) is 8.25. The molecule has 24 heavy (non-hydrogen) atoms. The van der Waals surface area contributed by atoms with Crippen molar-refractivity contribution in [2.45, 2.75) is 33.6 Å². The molecule has 1 heterocycles. The zero-order valence-corrected chi connectivity index (χ0v) is 14.3. The molecule has 124 valence electrons. The van der Waals surface area contributed by atoms with Gasteiger partial charge in [0, 0.05) is 29.9 Å². The Morgan fingerprint density at radius 1 is 1.04 bits per heavy atom. The Bertz CT molecular complexity index is 791. The van der Waals surface area contributed by atoms with Gasteiger partial charge in [-0.15, -0.1) is 0 Å². The number of benzene rings is 2. The second-order valence-corrected chi connectivity index (χ2v) is 6.48. The van der Waals surface area contributed by atoms with E-state index in [-0.39, 0.29) is 11.8 Å². The lowest BCUT2D eigenvalue weighted by atomic mass is 10.1. The number of anilines is 2. The van der Waals surface area contributed by atoms with Gasteiger partial charge in [0.15, 0.2) is 0 Å². The van der Waals surface area contributed by atoms with Gasteiger partial charge in [-0.25, -0.2) is 0 Å². The van der Waals surface area contributed by atoms with E-state index in [1.54, 1.807) is 0 Å². The second-order valence-electron chi connectivity index (χ2n) is 6.48. The van der Waals surface area contributed by atoms with E-state index in [0.717, 1.165) is 35.3 Å². The van der Waals surface area contributed by atoms with Crippen molar-refractivity contribution < 1.29 is 9.59 Å². The number of nitrogens with zero attached hydrogens (tertiary/aromatic N) is 1. The summed E-state index contributed by atoms with van der Waals surface area (Å²) < 4.78 is 0. The molecular weight excluding hydrogens is 300 g/mol. The second kappa shape index (κ2) is 6.48. The number of hydrogen-bond donors (Lipinski definition) is 1. The Morgan fingerprint density at radius 3 is 2.38 bits per heavy atom. The number of nitrogens with one attached hydrogen (secondary N) is 1. The number of carbonyl (C=O) groups is 2. The van der Waals surface area contributed by atoms with Crippen molar-refractivity contribution in [1.29, 1.82) is 0 Å². The van der Waals surface area contributed by atoms with Gasteiger partial charge in [0.05, 0.1) is 0 Å². The van der Waals surface area contributed by atoms with E-state index in [1.165, 1.54) is 0 Å². The molecule has 2 aromatic rings. The van der Waals surface area contributed by atoms with Crippen LogP contribution in [0.15, 0.2) is 36.4 Å². The van der Waals surface area contributed by atoms with E-state index in [1.807, 2.05) is 62.1 Å². The smallest absolute Gasteiger partial charge is 0.255 e. The summed E-state index contributed by atoms with van der Waals surface area (Å²) in [6.45, 7) is 6.68. The van der Waals surface area contributed by atoms with Crippen molar-refractivity contribution in [3.05, 3.63) is 58.7 Å². The normalized spacial score (nSPS) is 14.1. The van der Waals surface area contributed by atoms with Gasteiger partial charge in [-0.05, 0) is 57.0 Å². The predicted octanol–water partition coefficient (Wildman–Crippen LogP) is 3.99. The molecule has 0 aliphatic carbocycles. The largest absolute Gasteiger partial charge is 0.322 e. The maximum Gasteiger partial charge on any atom is 0.255 e. The average molecular weight is 322 g/mol. The monoisotopic (exact) mass is 322 g/mol. The summed E-state index contributed by atoms with van der Waals surface area (Å²) in [5.41, 5.74) is 5.40. The highest BCUT2D eigenvalue weighted by molar-refractivity contribution is 6.05. The van der Waals surface area contributed by atoms with Gasteiger partial charge in [0.1, 0.15) is 0 Å². The Hall–Kier alpha value is -2.62. The van der Waals surface area contributed by atoms with E-state index < -0.39 is 0 Å². The minimum Gasteiger partial charge on any atom is -0.322 e. The molecule has 2 aromatic carbocycles. The fourth-order valence-electron chi connectivity index (χ4n) is 3.19. The van der Waals surface area contributed by atoms with Crippen LogP contribution >= 0.6 is 0 Å². The van der Waals surface area contributed by atoms with Crippen LogP contribution in [0, 0.1) is 20.8 Å². The molecule has 1 N–H and O–H groups in total. The summed E-state index contributed by atoms with van der Waals surface area (Å²) in [5, 5.41) is 2.94. The fourth-order valence-corrected chi connectivity index (χ4v) is 3.19. The first kappa shape index (κ1) is 16.2. The summed E-state index contributed by atoms with van der Waals surface area (Å²) in [6, 6.07) is 11.5. The lowest BCUT2D eigenvalue weighted by molar-refractivity contribution is -0.117.